The van der Waals surface area contributed by atoms with Gasteiger partial charge in [0.15, 0.2) is 11.4 Å². The number of carbonyl (C=O) groups excluding carboxylic acids is 1. The molecule has 0 bridgehead atoms. The molecule has 17 heavy (non-hydrogen) atoms. The van der Waals surface area contributed by atoms with Crippen molar-refractivity contribution in [2.24, 2.45) is 5.92 Å². The average molecular weight is 238 g/mol. The predicted octanol–water partition coefficient (Wildman–Crippen LogP) is 2.23. The summed E-state index contributed by atoms with van der Waals surface area (Å²) >= 11 is 0. The molecule has 96 valence electrons. The maximum atomic E-state index is 12.3. The summed E-state index contributed by atoms with van der Waals surface area (Å²) in [4.78, 5) is 12.3. The minimum absolute atomic E-state index is 0.0529. The van der Waals surface area contributed by atoms with E-state index in [2.05, 4.69) is 13.8 Å². The van der Waals surface area contributed by atoms with Gasteiger partial charge in [-0.15, -0.1) is 0 Å². The number of ether oxygens (including phenoxy) is 1. The lowest BCUT2D eigenvalue weighted by Gasteiger charge is -2.47. The molecule has 0 spiro atoms. The van der Waals surface area contributed by atoms with Crippen LogP contribution in [0.15, 0.2) is 11.1 Å². The van der Waals surface area contributed by atoms with E-state index in [0.29, 0.717) is 17.9 Å². The number of rotatable bonds is 1. The second-order valence-electron chi connectivity index (χ2n) is 5.91. The van der Waals surface area contributed by atoms with Crippen LogP contribution in [0.3, 0.4) is 0 Å². The first kappa shape index (κ1) is 12.8. The Kier molecular flexibility index (Phi) is 2.75. The van der Waals surface area contributed by atoms with Crippen LogP contribution in [0.25, 0.3) is 0 Å². The fourth-order valence-corrected chi connectivity index (χ4v) is 3.14. The van der Waals surface area contributed by atoms with Crippen LogP contribution >= 0.6 is 0 Å². The number of carbonyl (C=O) groups is 1. The third-order valence-corrected chi connectivity index (χ3v) is 4.67. The first-order valence-corrected chi connectivity index (χ1v) is 6.37. The van der Waals surface area contributed by atoms with Crippen molar-refractivity contribution < 1.29 is 14.6 Å². The zero-order chi connectivity index (χ0) is 13.0. The molecule has 3 nitrogen and oxygen atoms in total. The molecular weight excluding hydrogens is 216 g/mol. The topological polar surface area (TPSA) is 46.5 Å². The maximum absolute atomic E-state index is 12.3. The van der Waals surface area contributed by atoms with Gasteiger partial charge < -0.3 is 9.84 Å². The SMILES string of the molecule is CC1=C(C)[C@@]2(O)CCC(C(C)C)O[C@@]2(C)C1=O. The van der Waals surface area contributed by atoms with Gasteiger partial charge in [-0.1, -0.05) is 13.8 Å². The summed E-state index contributed by atoms with van der Waals surface area (Å²) in [5.41, 5.74) is -0.722. The Bertz CT molecular complexity index is 396. The van der Waals surface area contributed by atoms with Gasteiger partial charge in [-0.3, -0.25) is 4.79 Å². The summed E-state index contributed by atoms with van der Waals surface area (Å²) < 4.78 is 5.97. The Labute approximate surface area is 103 Å². The van der Waals surface area contributed by atoms with Gasteiger partial charge in [0.05, 0.1) is 6.10 Å². The molecule has 1 N–H and O–H groups in total. The molecule has 0 amide bonds. The number of fused-ring (bicyclic) bond motifs is 1. The van der Waals surface area contributed by atoms with Crippen molar-refractivity contribution in [1.82, 2.24) is 0 Å². The number of aliphatic hydroxyl groups is 1. The van der Waals surface area contributed by atoms with E-state index in [1.807, 2.05) is 6.92 Å². The lowest BCUT2D eigenvalue weighted by Crippen LogP contribution is -2.61. The molecule has 1 aliphatic heterocycles. The standard InChI is InChI=1S/C14H22O3/c1-8(2)11-6-7-14(16)10(4)9(3)12(15)13(14,5)17-11/h8,11,16H,6-7H2,1-5H3/t11?,13-,14-/m0/s1. The quantitative estimate of drug-likeness (QED) is 0.762. The Balaban J connectivity index is 2.41. The lowest BCUT2D eigenvalue weighted by molar-refractivity contribution is -0.214. The molecule has 0 aromatic rings. The fourth-order valence-electron chi connectivity index (χ4n) is 3.14. The number of hydrogen-bond donors (Lipinski definition) is 1. The van der Waals surface area contributed by atoms with E-state index in [-0.39, 0.29) is 11.9 Å². The average Bonchev–Trinajstić information content (AvgIpc) is 2.40. The van der Waals surface area contributed by atoms with E-state index >= 15 is 0 Å². The Morgan fingerprint density at radius 2 is 2.00 bits per heavy atom. The van der Waals surface area contributed by atoms with Gasteiger partial charge in [0.25, 0.3) is 0 Å². The maximum Gasteiger partial charge on any atom is 0.193 e. The fraction of sp³-hybridized carbons (Fsp3) is 0.786. The van der Waals surface area contributed by atoms with E-state index in [1.54, 1.807) is 13.8 Å². The van der Waals surface area contributed by atoms with Crippen LogP contribution in [-0.2, 0) is 9.53 Å². The molecule has 1 heterocycles. The van der Waals surface area contributed by atoms with Gasteiger partial charge in [0, 0.05) is 0 Å². The van der Waals surface area contributed by atoms with Gasteiger partial charge in [-0.2, -0.15) is 0 Å². The molecule has 0 radical (unpaired) electrons. The van der Waals surface area contributed by atoms with Crippen molar-refractivity contribution in [3.05, 3.63) is 11.1 Å². The highest BCUT2D eigenvalue weighted by atomic mass is 16.5. The van der Waals surface area contributed by atoms with Crippen molar-refractivity contribution in [2.45, 2.75) is 64.8 Å². The molecule has 0 aromatic heterocycles. The first-order chi connectivity index (χ1) is 7.74. The van der Waals surface area contributed by atoms with Crippen LogP contribution in [0.2, 0.25) is 0 Å². The van der Waals surface area contributed by atoms with Crippen LogP contribution in [0.5, 0.6) is 0 Å². The van der Waals surface area contributed by atoms with E-state index < -0.39 is 11.2 Å². The van der Waals surface area contributed by atoms with Gasteiger partial charge in [-0.25, -0.2) is 0 Å². The van der Waals surface area contributed by atoms with E-state index in [0.717, 1.165) is 12.0 Å². The van der Waals surface area contributed by atoms with Crippen LogP contribution in [0, 0.1) is 5.92 Å². The van der Waals surface area contributed by atoms with Crippen LogP contribution < -0.4 is 0 Å². The Morgan fingerprint density at radius 1 is 1.41 bits per heavy atom. The normalized spacial score (nSPS) is 42.3. The van der Waals surface area contributed by atoms with Crippen LogP contribution in [-0.4, -0.2) is 28.2 Å². The second kappa shape index (κ2) is 3.66. The Morgan fingerprint density at radius 3 is 2.53 bits per heavy atom. The minimum atomic E-state index is -1.10. The van der Waals surface area contributed by atoms with Gasteiger partial charge in [0.2, 0.25) is 0 Å². The smallest absolute Gasteiger partial charge is 0.193 e. The highest BCUT2D eigenvalue weighted by molar-refractivity contribution is 6.06. The largest absolute Gasteiger partial charge is 0.382 e. The zero-order valence-corrected chi connectivity index (χ0v) is 11.3. The van der Waals surface area contributed by atoms with Crippen molar-refractivity contribution >= 4 is 5.78 Å². The monoisotopic (exact) mass is 238 g/mol. The summed E-state index contributed by atoms with van der Waals surface area (Å²) in [6, 6.07) is 0. The highest BCUT2D eigenvalue weighted by Gasteiger charge is 2.62. The third kappa shape index (κ3) is 1.45. The zero-order valence-electron chi connectivity index (χ0n) is 11.3. The molecule has 2 aliphatic rings. The second-order valence-corrected chi connectivity index (χ2v) is 5.91. The summed E-state index contributed by atoms with van der Waals surface area (Å²) in [7, 11) is 0. The van der Waals surface area contributed by atoms with E-state index in [9.17, 15) is 9.90 Å². The third-order valence-electron chi connectivity index (χ3n) is 4.67. The van der Waals surface area contributed by atoms with E-state index in [1.165, 1.54) is 0 Å². The molecular formula is C14H22O3. The number of Topliss-reactive ketones (excluding diaryl/α,β-unsaturated/α-hetero) is 1. The molecule has 3 heteroatoms. The summed E-state index contributed by atoms with van der Waals surface area (Å²) in [5, 5.41) is 10.8. The number of ketones is 1. The first-order valence-electron chi connectivity index (χ1n) is 6.37. The van der Waals surface area contributed by atoms with Crippen LogP contribution in [0.1, 0.15) is 47.5 Å². The number of hydrogen-bond acceptors (Lipinski definition) is 3. The van der Waals surface area contributed by atoms with Crippen LogP contribution in [0.4, 0.5) is 0 Å². The Hall–Kier alpha value is -0.670. The molecule has 0 aromatic carbocycles. The lowest BCUT2D eigenvalue weighted by atomic mass is 9.75. The summed E-state index contributed by atoms with van der Waals surface area (Å²) in [5.74, 6) is 0.313. The van der Waals surface area contributed by atoms with Crippen molar-refractivity contribution in [1.29, 1.82) is 0 Å². The van der Waals surface area contributed by atoms with Gasteiger partial charge in [0.1, 0.15) is 5.60 Å². The molecule has 1 fully saturated rings. The molecule has 1 unspecified atom stereocenters. The van der Waals surface area contributed by atoms with Crippen molar-refractivity contribution in [3.63, 3.8) is 0 Å². The molecule has 0 saturated carbocycles. The molecule has 3 atom stereocenters. The van der Waals surface area contributed by atoms with Gasteiger partial charge in [-0.05, 0) is 50.7 Å². The summed E-state index contributed by atoms with van der Waals surface area (Å²) in [6.07, 6.45) is 1.48. The molecule has 2 rings (SSSR count). The predicted molar refractivity (Wildman–Crippen MR) is 65.7 cm³/mol. The summed E-state index contributed by atoms with van der Waals surface area (Å²) in [6.45, 7) is 9.55. The molecule has 1 saturated heterocycles. The minimum Gasteiger partial charge on any atom is -0.382 e. The van der Waals surface area contributed by atoms with Crippen molar-refractivity contribution in [3.8, 4) is 0 Å². The highest BCUT2D eigenvalue weighted by Crippen LogP contribution is 2.50. The van der Waals surface area contributed by atoms with E-state index in [4.69, 9.17) is 4.74 Å². The van der Waals surface area contributed by atoms with Gasteiger partial charge >= 0.3 is 0 Å². The molecule has 1 aliphatic carbocycles. The van der Waals surface area contributed by atoms with Crippen molar-refractivity contribution in [2.75, 3.05) is 0 Å².